The quantitative estimate of drug-likeness (QED) is 0.783. The fourth-order valence-corrected chi connectivity index (χ4v) is 2.24. The van der Waals surface area contributed by atoms with Gasteiger partial charge in [0, 0.05) is 23.6 Å². The molecule has 1 aromatic carbocycles. The van der Waals surface area contributed by atoms with Crippen molar-refractivity contribution in [2.24, 2.45) is 0 Å². The molecule has 3 nitrogen and oxygen atoms in total. The number of hydrogen-bond donors (Lipinski definition) is 1. The monoisotopic (exact) mass is 253 g/mol. The van der Waals surface area contributed by atoms with E-state index in [9.17, 15) is 4.79 Å². The number of hydrogen-bond acceptors (Lipinski definition) is 1. The minimum atomic E-state index is 0.122. The largest absolute Gasteiger partial charge is 0.336 e. The van der Waals surface area contributed by atoms with Crippen molar-refractivity contribution in [3.63, 3.8) is 0 Å². The summed E-state index contributed by atoms with van der Waals surface area (Å²) < 4.78 is 0. The predicted molar refractivity (Wildman–Crippen MR) is 68.6 cm³/mol. The van der Waals surface area contributed by atoms with Gasteiger partial charge in [0.25, 0.3) is 5.91 Å². The number of nitrogens with one attached hydrogen (secondary N) is 1. The highest BCUT2D eigenvalue weighted by Crippen LogP contribution is 2.11. The Kier molecular flexibility index (Phi) is 4.02. The minimum Gasteiger partial charge on any atom is -0.336 e. The Morgan fingerprint density at radius 2 is 1.94 bits per heavy atom. The molecule has 2 rings (SSSR count). The molecule has 1 aliphatic heterocycles. The highest BCUT2D eigenvalue weighted by atomic mass is 35.5. The van der Waals surface area contributed by atoms with Gasteiger partial charge in [0.15, 0.2) is 0 Å². The summed E-state index contributed by atoms with van der Waals surface area (Å²) in [5.41, 5.74) is 0.731. The first kappa shape index (κ1) is 12.4. The molecule has 0 bridgehead atoms. The van der Waals surface area contributed by atoms with E-state index in [1.54, 1.807) is 24.3 Å². The first-order valence-electron chi connectivity index (χ1n) is 6.03. The zero-order valence-corrected chi connectivity index (χ0v) is 10.8. The number of nitrogens with zero attached hydrogens (tertiary/aromatic N) is 1. The van der Waals surface area contributed by atoms with Gasteiger partial charge in [-0.05, 0) is 24.3 Å². The summed E-state index contributed by atoms with van der Waals surface area (Å²) in [5, 5.41) is 0.668. The highest BCUT2D eigenvalue weighted by molar-refractivity contribution is 6.30. The van der Waals surface area contributed by atoms with Gasteiger partial charge in [0.05, 0.1) is 26.7 Å². The van der Waals surface area contributed by atoms with E-state index in [-0.39, 0.29) is 5.91 Å². The highest BCUT2D eigenvalue weighted by Gasteiger charge is 2.20. The van der Waals surface area contributed by atoms with Gasteiger partial charge in [-0.3, -0.25) is 4.79 Å². The van der Waals surface area contributed by atoms with E-state index >= 15 is 0 Å². The van der Waals surface area contributed by atoms with E-state index in [0.29, 0.717) is 5.02 Å². The van der Waals surface area contributed by atoms with Crippen LogP contribution in [0.3, 0.4) is 0 Å². The van der Waals surface area contributed by atoms with Crippen LogP contribution in [0.4, 0.5) is 0 Å². The zero-order valence-electron chi connectivity index (χ0n) is 10.1. The summed E-state index contributed by atoms with van der Waals surface area (Å²) in [4.78, 5) is 15.7. The number of rotatable bonds is 1. The number of carbonyl (C=O) groups excluding carboxylic acids is 1. The Morgan fingerprint density at radius 3 is 2.65 bits per heavy atom. The number of likely N-dealkylation sites (N-methyl/N-ethyl adjacent to an activating group) is 1. The third kappa shape index (κ3) is 3.20. The van der Waals surface area contributed by atoms with Crippen molar-refractivity contribution in [1.82, 2.24) is 4.90 Å². The molecule has 1 heterocycles. The summed E-state index contributed by atoms with van der Waals surface area (Å²) in [5.74, 6) is 0.122. The van der Waals surface area contributed by atoms with Gasteiger partial charge in [-0.1, -0.05) is 11.6 Å². The van der Waals surface area contributed by atoms with Gasteiger partial charge >= 0.3 is 0 Å². The second-order valence-corrected chi connectivity index (χ2v) is 5.05. The molecule has 1 atom stereocenters. The molecule has 0 saturated carbocycles. The third-order valence-corrected chi connectivity index (χ3v) is 3.47. The topological polar surface area (TPSA) is 24.8 Å². The molecule has 1 fully saturated rings. The van der Waals surface area contributed by atoms with Crippen LogP contribution >= 0.6 is 11.6 Å². The van der Waals surface area contributed by atoms with Crippen LogP contribution in [0.2, 0.25) is 5.02 Å². The van der Waals surface area contributed by atoms with E-state index in [1.165, 1.54) is 4.90 Å². The Balaban J connectivity index is 2.06. The lowest BCUT2D eigenvalue weighted by atomic mass is 10.2. The van der Waals surface area contributed by atoms with Crippen LogP contribution in [0.25, 0.3) is 0 Å². The molecule has 1 saturated heterocycles. The first-order valence-corrected chi connectivity index (χ1v) is 6.41. The molecule has 17 heavy (non-hydrogen) atoms. The minimum absolute atomic E-state index is 0.122. The maximum absolute atomic E-state index is 12.2. The molecule has 4 heteroatoms. The number of benzene rings is 1. The van der Waals surface area contributed by atoms with Gasteiger partial charge in [-0.25, -0.2) is 0 Å². The molecule has 1 N–H and O–H groups in total. The number of amides is 1. The Morgan fingerprint density at radius 1 is 1.24 bits per heavy atom. The number of quaternary nitrogens is 1. The van der Waals surface area contributed by atoms with Crippen molar-refractivity contribution >= 4 is 17.5 Å². The Labute approximate surface area is 107 Å². The summed E-state index contributed by atoms with van der Waals surface area (Å²) in [7, 11) is 2.18. The average molecular weight is 254 g/mol. The lowest BCUT2D eigenvalue weighted by Crippen LogP contribution is -3.09. The summed E-state index contributed by atoms with van der Waals surface area (Å²) in [6, 6.07) is 7.13. The molecule has 1 aromatic rings. The van der Waals surface area contributed by atoms with E-state index in [2.05, 4.69) is 7.05 Å². The van der Waals surface area contributed by atoms with E-state index in [4.69, 9.17) is 11.6 Å². The van der Waals surface area contributed by atoms with Crippen LogP contribution in [0.5, 0.6) is 0 Å². The van der Waals surface area contributed by atoms with Gasteiger partial charge in [0.1, 0.15) is 0 Å². The number of halogens is 1. The zero-order chi connectivity index (χ0) is 12.3. The van der Waals surface area contributed by atoms with Crippen LogP contribution in [-0.2, 0) is 0 Å². The lowest BCUT2D eigenvalue weighted by molar-refractivity contribution is -0.877. The third-order valence-electron chi connectivity index (χ3n) is 3.22. The smallest absolute Gasteiger partial charge is 0.254 e. The van der Waals surface area contributed by atoms with Crippen molar-refractivity contribution in [1.29, 1.82) is 0 Å². The van der Waals surface area contributed by atoms with Gasteiger partial charge in [-0.2, -0.15) is 0 Å². The van der Waals surface area contributed by atoms with Gasteiger partial charge in [0.2, 0.25) is 0 Å². The maximum atomic E-state index is 12.2. The molecule has 1 aliphatic rings. The molecular weight excluding hydrogens is 236 g/mol. The van der Waals surface area contributed by atoms with Crippen LogP contribution < -0.4 is 4.90 Å². The summed E-state index contributed by atoms with van der Waals surface area (Å²) >= 11 is 5.82. The number of carbonyl (C=O) groups is 1. The summed E-state index contributed by atoms with van der Waals surface area (Å²) in [6.45, 7) is 3.87. The molecule has 0 radical (unpaired) electrons. The van der Waals surface area contributed by atoms with Gasteiger partial charge < -0.3 is 9.80 Å². The molecule has 0 aromatic heterocycles. The molecule has 1 unspecified atom stereocenters. The van der Waals surface area contributed by atoms with Crippen molar-refractivity contribution in [3.05, 3.63) is 34.9 Å². The van der Waals surface area contributed by atoms with E-state index in [0.717, 1.165) is 38.2 Å². The van der Waals surface area contributed by atoms with Crippen molar-refractivity contribution < 1.29 is 9.69 Å². The van der Waals surface area contributed by atoms with Crippen LogP contribution in [0, 0.1) is 0 Å². The van der Waals surface area contributed by atoms with Crippen molar-refractivity contribution in [3.8, 4) is 0 Å². The summed E-state index contributed by atoms with van der Waals surface area (Å²) in [6.07, 6.45) is 1.07. The lowest BCUT2D eigenvalue weighted by Gasteiger charge is -2.19. The standard InChI is InChI=1S/C13H17ClN2O/c1-15-7-2-8-16(10-9-15)13(17)11-3-5-12(14)6-4-11/h3-6H,2,7-10H2,1H3/p+1. The molecule has 0 spiro atoms. The Bertz CT molecular complexity index is 391. The average Bonchev–Trinajstić information content (AvgIpc) is 2.54. The van der Waals surface area contributed by atoms with E-state index < -0.39 is 0 Å². The van der Waals surface area contributed by atoms with Gasteiger partial charge in [-0.15, -0.1) is 0 Å². The van der Waals surface area contributed by atoms with Crippen LogP contribution in [-0.4, -0.2) is 44.0 Å². The first-order chi connectivity index (χ1) is 8.16. The van der Waals surface area contributed by atoms with Crippen LogP contribution in [0.1, 0.15) is 16.8 Å². The maximum Gasteiger partial charge on any atom is 0.254 e. The SMILES string of the molecule is C[NH+]1CCCN(C(=O)c2ccc(Cl)cc2)CC1. The fraction of sp³-hybridized carbons (Fsp3) is 0.462. The van der Waals surface area contributed by atoms with Crippen molar-refractivity contribution in [2.75, 3.05) is 33.2 Å². The molecule has 1 amide bonds. The molecule has 0 aliphatic carbocycles. The molecule has 92 valence electrons. The fourth-order valence-electron chi connectivity index (χ4n) is 2.11. The van der Waals surface area contributed by atoms with E-state index in [1.807, 2.05) is 4.90 Å². The second-order valence-electron chi connectivity index (χ2n) is 4.61. The normalized spacial score (nSPS) is 21.1. The molecular formula is C13H18ClN2O+. The van der Waals surface area contributed by atoms with Crippen LogP contribution in [0.15, 0.2) is 24.3 Å². The Hall–Kier alpha value is -1.06. The predicted octanol–water partition coefficient (Wildman–Crippen LogP) is 0.701. The van der Waals surface area contributed by atoms with Crippen molar-refractivity contribution in [2.45, 2.75) is 6.42 Å². The second kappa shape index (κ2) is 5.52.